The Balaban J connectivity index is 1.69. The van der Waals surface area contributed by atoms with Crippen LogP contribution in [0.3, 0.4) is 0 Å². The third kappa shape index (κ3) is 4.11. The minimum absolute atomic E-state index is 0.00682. The van der Waals surface area contributed by atoms with Gasteiger partial charge in [-0.3, -0.25) is 4.90 Å². The van der Waals surface area contributed by atoms with Crippen LogP contribution >= 0.6 is 0 Å². The lowest BCUT2D eigenvalue weighted by atomic mass is 10.0. The van der Waals surface area contributed by atoms with E-state index in [4.69, 9.17) is 0 Å². The van der Waals surface area contributed by atoms with E-state index in [2.05, 4.69) is 29.2 Å². The van der Waals surface area contributed by atoms with Crippen LogP contribution in [0.1, 0.15) is 11.1 Å². The molecule has 0 unspecified atom stereocenters. The van der Waals surface area contributed by atoms with Crippen LogP contribution in [0.4, 0.5) is 4.79 Å². The van der Waals surface area contributed by atoms with Crippen LogP contribution in [0, 0.1) is 0 Å². The van der Waals surface area contributed by atoms with Crippen molar-refractivity contribution in [3.63, 3.8) is 0 Å². The van der Waals surface area contributed by atoms with Gasteiger partial charge in [-0.1, -0.05) is 60.7 Å². The minimum Gasteiger partial charge on any atom is -0.465 e. The Morgan fingerprint density at radius 3 is 2.17 bits per heavy atom. The molecule has 120 valence electrons. The Labute approximate surface area is 137 Å². The van der Waals surface area contributed by atoms with E-state index in [1.807, 2.05) is 36.4 Å². The zero-order valence-electron chi connectivity index (χ0n) is 13.1. The molecule has 3 rings (SSSR count). The maximum absolute atomic E-state index is 11.5. The van der Waals surface area contributed by atoms with Gasteiger partial charge < -0.3 is 10.0 Å². The molecule has 0 aliphatic carbocycles. The highest BCUT2D eigenvalue weighted by molar-refractivity contribution is 5.65. The third-order valence-corrected chi connectivity index (χ3v) is 4.38. The van der Waals surface area contributed by atoms with Gasteiger partial charge in [0.05, 0.1) is 6.04 Å². The number of hydrogen-bond donors (Lipinski definition) is 1. The third-order valence-electron chi connectivity index (χ3n) is 4.38. The van der Waals surface area contributed by atoms with Gasteiger partial charge in [0.2, 0.25) is 0 Å². The van der Waals surface area contributed by atoms with Crippen LogP contribution in [0.2, 0.25) is 0 Å². The molecule has 0 saturated carbocycles. The molecule has 1 fully saturated rings. The normalized spacial score (nSPS) is 18.8. The number of carbonyl (C=O) groups is 1. The molecule has 23 heavy (non-hydrogen) atoms. The van der Waals surface area contributed by atoms with Crippen LogP contribution in [0.5, 0.6) is 0 Å². The molecule has 1 heterocycles. The summed E-state index contributed by atoms with van der Waals surface area (Å²) in [6, 6.07) is 20.5. The highest BCUT2D eigenvalue weighted by Gasteiger charge is 2.30. The second kappa shape index (κ2) is 7.29. The van der Waals surface area contributed by atoms with Gasteiger partial charge in [-0.15, -0.1) is 0 Å². The first-order chi connectivity index (χ1) is 11.2. The number of benzene rings is 2. The minimum atomic E-state index is -0.815. The predicted octanol–water partition coefficient (Wildman–Crippen LogP) is 3.09. The number of amides is 1. The Morgan fingerprint density at radius 2 is 1.57 bits per heavy atom. The molecule has 4 nitrogen and oxygen atoms in total. The van der Waals surface area contributed by atoms with Gasteiger partial charge >= 0.3 is 6.09 Å². The van der Waals surface area contributed by atoms with Crippen LogP contribution < -0.4 is 0 Å². The summed E-state index contributed by atoms with van der Waals surface area (Å²) in [7, 11) is 0. The van der Waals surface area contributed by atoms with E-state index >= 15 is 0 Å². The van der Waals surface area contributed by atoms with E-state index in [0.29, 0.717) is 6.54 Å². The lowest BCUT2D eigenvalue weighted by molar-refractivity contribution is 0.0645. The Morgan fingerprint density at radius 1 is 0.957 bits per heavy atom. The summed E-state index contributed by atoms with van der Waals surface area (Å²) in [5, 5.41) is 9.47. The van der Waals surface area contributed by atoms with Crippen molar-refractivity contribution in [2.24, 2.45) is 0 Å². The Hall–Kier alpha value is -2.33. The van der Waals surface area contributed by atoms with Crippen LogP contribution in [-0.2, 0) is 13.0 Å². The highest BCUT2D eigenvalue weighted by atomic mass is 16.4. The van der Waals surface area contributed by atoms with Crippen molar-refractivity contribution < 1.29 is 9.90 Å². The Bertz CT molecular complexity index is 630. The first-order valence-corrected chi connectivity index (χ1v) is 8.02. The Kier molecular flexibility index (Phi) is 4.93. The lowest BCUT2D eigenvalue weighted by Gasteiger charge is -2.40. The van der Waals surface area contributed by atoms with Crippen LogP contribution in [-0.4, -0.2) is 46.7 Å². The second-order valence-electron chi connectivity index (χ2n) is 6.04. The van der Waals surface area contributed by atoms with Crippen LogP contribution in [0.25, 0.3) is 0 Å². The summed E-state index contributed by atoms with van der Waals surface area (Å²) in [5.41, 5.74) is 2.46. The van der Waals surface area contributed by atoms with E-state index in [1.54, 1.807) is 4.90 Å². The molecule has 1 aliphatic heterocycles. The zero-order chi connectivity index (χ0) is 16.1. The molecule has 1 amide bonds. The summed E-state index contributed by atoms with van der Waals surface area (Å²) in [6.07, 6.45) is -0.0522. The summed E-state index contributed by atoms with van der Waals surface area (Å²) >= 11 is 0. The molecule has 1 aliphatic rings. The standard InChI is InChI=1S/C19H22N2O2/c22-19(23)21-12-11-20(14-17-9-5-2-6-10-17)15-18(21)13-16-7-3-1-4-8-16/h1-10,18H,11-15H2,(H,22,23)/t18-/m1/s1. The maximum atomic E-state index is 11.5. The van der Waals surface area contributed by atoms with E-state index < -0.39 is 6.09 Å². The highest BCUT2D eigenvalue weighted by Crippen LogP contribution is 2.17. The molecule has 1 saturated heterocycles. The van der Waals surface area contributed by atoms with Gasteiger partial charge in [-0.05, 0) is 17.5 Å². The fourth-order valence-corrected chi connectivity index (χ4v) is 3.22. The first kappa shape index (κ1) is 15.6. The van der Waals surface area contributed by atoms with Crippen LogP contribution in [0.15, 0.2) is 60.7 Å². The number of nitrogens with zero attached hydrogens (tertiary/aromatic N) is 2. The van der Waals surface area contributed by atoms with Gasteiger partial charge in [-0.25, -0.2) is 4.79 Å². The summed E-state index contributed by atoms with van der Waals surface area (Å²) in [6.45, 7) is 3.00. The van der Waals surface area contributed by atoms with E-state index in [-0.39, 0.29) is 6.04 Å². The molecule has 0 aromatic heterocycles. The van der Waals surface area contributed by atoms with Crippen molar-refractivity contribution in [3.8, 4) is 0 Å². The smallest absolute Gasteiger partial charge is 0.407 e. The average molecular weight is 310 g/mol. The second-order valence-corrected chi connectivity index (χ2v) is 6.04. The molecular formula is C19H22N2O2. The molecule has 1 atom stereocenters. The van der Waals surface area contributed by atoms with Gasteiger partial charge in [0.25, 0.3) is 0 Å². The van der Waals surface area contributed by atoms with Gasteiger partial charge in [-0.2, -0.15) is 0 Å². The van der Waals surface area contributed by atoms with E-state index in [1.165, 1.54) is 11.1 Å². The number of piperazine rings is 1. The van der Waals surface area contributed by atoms with Crippen molar-refractivity contribution in [1.82, 2.24) is 9.80 Å². The van der Waals surface area contributed by atoms with Gasteiger partial charge in [0.15, 0.2) is 0 Å². The fraction of sp³-hybridized carbons (Fsp3) is 0.316. The molecule has 2 aromatic carbocycles. The topological polar surface area (TPSA) is 43.8 Å². The van der Waals surface area contributed by atoms with Crippen molar-refractivity contribution >= 4 is 6.09 Å². The molecular weight excluding hydrogens is 288 g/mol. The summed E-state index contributed by atoms with van der Waals surface area (Å²) in [5.74, 6) is 0. The molecule has 0 radical (unpaired) electrons. The number of rotatable bonds is 4. The molecule has 0 bridgehead atoms. The fourth-order valence-electron chi connectivity index (χ4n) is 3.22. The molecule has 4 heteroatoms. The van der Waals surface area contributed by atoms with Gasteiger partial charge in [0, 0.05) is 26.2 Å². The summed E-state index contributed by atoms with van der Waals surface area (Å²) < 4.78 is 0. The largest absolute Gasteiger partial charge is 0.465 e. The lowest BCUT2D eigenvalue weighted by Crippen LogP contribution is -2.55. The van der Waals surface area contributed by atoms with E-state index in [9.17, 15) is 9.90 Å². The maximum Gasteiger partial charge on any atom is 0.407 e. The average Bonchev–Trinajstić information content (AvgIpc) is 2.57. The first-order valence-electron chi connectivity index (χ1n) is 8.02. The summed E-state index contributed by atoms with van der Waals surface area (Å²) in [4.78, 5) is 15.5. The van der Waals surface area contributed by atoms with Crippen molar-refractivity contribution in [3.05, 3.63) is 71.8 Å². The molecule has 2 aromatic rings. The number of hydrogen-bond acceptors (Lipinski definition) is 2. The van der Waals surface area contributed by atoms with E-state index in [0.717, 1.165) is 26.1 Å². The monoisotopic (exact) mass is 310 g/mol. The quantitative estimate of drug-likeness (QED) is 0.944. The van der Waals surface area contributed by atoms with Gasteiger partial charge in [0.1, 0.15) is 0 Å². The zero-order valence-corrected chi connectivity index (χ0v) is 13.1. The molecule has 1 N–H and O–H groups in total. The number of carboxylic acid groups (broad SMARTS) is 1. The predicted molar refractivity (Wildman–Crippen MR) is 90.4 cm³/mol. The van der Waals surface area contributed by atoms with Crippen molar-refractivity contribution in [2.45, 2.75) is 19.0 Å². The SMILES string of the molecule is O=C(O)N1CCN(Cc2ccccc2)C[C@H]1Cc1ccccc1. The molecule has 0 spiro atoms. The van der Waals surface area contributed by atoms with Crippen molar-refractivity contribution in [2.75, 3.05) is 19.6 Å². The van der Waals surface area contributed by atoms with Crippen molar-refractivity contribution in [1.29, 1.82) is 0 Å².